The molecule has 0 aliphatic heterocycles. The summed E-state index contributed by atoms with van der Waals surface area (Å²) < 4.78 is 24.4. The Kier molecular flexibility index (Phi) is 6.44. The summed E-state index contributed by atoms with van der Waals surface area (Å²) in [6, 6.07) is 17.1. The van der Waals surface area contributed by atoms with Gasteiger partial charge in [-0.1, -0.05) is 30.3 Å². The minimum atomic E-state index is -0.474. The molecule has 8 nitrogen and oxygen atoms in total. The van der Waals surface area contributed by atoms with E-state index in [0.717, 1.165) is 5.56 Å². The first-order valence-corrected chi connectivity index (χ1v) is 10.6. The van der Waals surface area contributed by atoms with Gasteiger partial charge in [0.15, 0.2) is 11.4 Å². The van der Waals surface area contributed by atoms with Crippen LogP contribution in [0.15, 0.2) is 59.0 Å². The lowest BCUT2D eigenvalue weighted by Gasteiger charge is -2.13. The molecule has 0 spiro atoms. The van der Waals surface area contributed by atoms with E-state index in [0.29, 0.717) is 46.6 Å². The molecule has 0 radical (unpaired) electrons. The maximum atomic E-state index is 13.1. The van der Waals surface area contributed by atoms with Crippen LogP contribution in [0.4, 0.5) is 0 Å². The van der Waals surface area contributed by atoms with Crippen molar-refractivity contribution in [2.45, 2.75) is 27.4 Å². The van der Waals surface area contributed by atoms with Crippen LogP contribution >= 0.6 is 0 Å². The lowest BCUT2D eigenvalue weighted by Crippen LogP contribution is -2.13. The number of benzene rings is 2. The third-order valence-corrected chi connectivity index (χ3v) is 5.11. The second kappa shape index (κ2) is 9.60. The van der Waals surface area contributed by atoms with Crippen LogP contribution in [0.1, 0.15) is 34.4 Å². The molecule has 2 aromatic carbocycles. The summed E-state index contributed by atoms with van der Waals surface area (Å²) in [6.45, 7) is 5.83. The Morgan fingerprint density at radius 3 is 2.36 bits per heavy atom. The fourth-order valence-corrected chi connectivity index (χ4v) is 3.59. The monoisotopic (exact) mass is 447 g/mol. The highest BCUT2D eigenvalue weighted by molar-refractivity contribution is 5.94. The summed E-state index contributed by atoms with van der Waals surface area (Å²) in [5.41, 5.74) is 3.11. The number of rotatable bonds is 8. The van der Waals surface area contributed by atoms with Crippen LogP contribution in [0, 0.1) is 13.8 Å². The first kappa shape index (κ1) is 22.1. The molecule has 0 aliphatic carbocycles. The Hall–Kier alpha value is -4.07. The summed E-state index contributed by atoms with van der Waals surface area (Å²) in [7, 11) is 1.60. The molecule has 2 aromatic heterocycles. The molecular formula is C25H25N3O5. The number of esters is 1. The van der Waals surface area contributed by atoms with Crippen molar-refractivity contribution in [3.8, 4) is 28.8 Å². The van der Waals surface area contributed by atoms with Crippen molar-refractivity contribution in [2.75, 3.05) is 13.7 Å². The van der Waals surface area contributed by atoms with Crippen LogP contribution in [-0.4, -0.2) is 34.5 Å². The SMILES string of the molecule is CCOC(=O)c1c(C)c(OCc2ccccc2)c(-c2nnc(C)o2)n1-c1ccc(OC)cc1. The van der Waals surface area contributed by atoms with Gasteiger partial charge in [0.1, 0.15) is 18.1 Å². The highest BCUT2D eigenvalue weighted by Crippen LogP contribution is 2.40. The molecular weight excluding hydrogens is 422 g/mol. The zero-order chi connectivity index (χ0) is 23.4. The zero-order valence-electron chi connectivity index (χ0n) is 19.0. The third-order valence-electron chi connectivity index (χ3n) is 5.11. The lowest BCUT2D eigenvalue weighted by molar-refractivity contribution is 0.0516. The Morgan fingerprint density at radius 2 is 1.76 bits per heavy atom. The fraction of sp³-hybridized carbons (Fsp3) is 0.240. The number of carbonyl (C=O) groups is 1. The van der Waals surface area contributed by atoms with Crippen molar-refractivity contribution in [3.63, 3.8) is 0 Å². The molecule has 0 atom stereocenters. The van der Waals surface area contributed by atoms with Gasteiger partial charge in [-0.2, -0.15) is 0 Å². The van der Waals surface area contributed by atoms with E-state index in [1.807, 2.05) is 61.5 Å². The van der Waals surface area contributed by atoms with Crippen molar-refractivity contribution < 1.29 is 23.4 Å². The summed E-state index contributed by atoms with van der Waals surface area (Å²) in [5.74, 6) is 1.33. The number of nitrogens with zero attached hydrogens (tertiary/aromatic N) is 3. The van der Waals surface area contributed by atoms with E-state index in [1.165, 1.54) is 0 Å². The second-order valence-corrected chi connectivity index (χ2v) is 7.31. The molecule has 33 heavy (non-hydrogen) atoms. The van der Waals surface area contributed by atoms with Crippen LogP contribution in [0.2, 0.25) is 0 Å². The average molecular weight is 447 g/mol. The van der Waals surface area contributed by atoms with Crippen LogP contribution in [0.3, 0.4) is 0 Å². The summed E-state index contributed by atoms with van der Waals surface area (Å²) in [6.07, 6.45) is 0. The topological polar surface area (TPSA) is 88.6 Å². The standard InChI is InChI=1S/C25H25N3O5/c1-5-31-25(29)21-16(2)23(32-15-18-9-7-6-8-10-18)22(24-27-26-17(3)33-24)28(21)19-11-13-20(30-4)14-12-19/h6-14H,5,15H2,1-4H3. The van der Waals surface area contributed by atoms with E-state index >= 15 is 0 Å². The third kappa shape index (κ3) is 4.45. The van der Waals surface area contributed by atoms with E-state index < -0.39 is 5.97 Å². The predicted molar refractivity (Wildman–Crippen MR) is 122 cm³/mol. The zero-order valence-corrected chi connectivity index (χ0v) is 19.0. The van der Waals surface area contributed by atoms with Gasteiger partial charge >= 0.3 is 5.97 Å². The van der Waals surface area contributed by atoms with Crippen LogP contribution in [0.25, 0.3) is 17.3 Å². The molecule has 0 amide bonds. The molecule has 0 saturated carbocycles. The van der Waals surface area contributed by atoms with Crippen LogP contribution < -0.4 is 9.47 Å². The molecule has 0 saturated heterocycles. The van der Waals surface area contributed by atoms with Crippen LogP contribution in [0.5, 0.6) is 11.5 Å². The van der Waals surface area contributed by atoms with Crippen molar-refractivity contribution in [3.05, 3.63) is 77.3 Å². The van der Waals surface area contributed by atoms with E-state index in [4.69, 9.17) is 18.6 Å². The van der Waals surface area contributed by atoms with Gasteiger partial charge < -0.3 is 18.6 Å². The number of methoxy groups -OCH3 is 1. The molecule has 2 heterocycles. The molecule has 4 aromatic rings. The van der Waals surface area contributed by atoms with Crippen molar-refractivity contribution in [1.82, 2.24) is 14.8 Å². The van der Waals surface area contributed by atoms with Gasteiger partial charge in [0.2, 0.25) is 5.89 Å². The second-order valence-electron chi connectivity index (χ2n) is 7.31. The number of aromatic nitrogens is 3. The largest absolute Gasteiger partial charge is 0.497 e. The minimum absolute atomic E-state index is 0.237. The van der Waals surface area contributed by atoms with Gasteiger partial charge in [-0.15, -0.1) is 10.2 Å². The summed E-state index contributed by atoms with van der Waals surface area (Å²) in [5, 5.41) is 8.20. The quantitative estimate of drug-likeness (QED) is 0.355. The van der Waals surface area contributed by atoms with Gasteiger partial charge in [-0.3, -0.25) is 4.57 Å². The maximum Gasteiger partial charge on any atom is 0.355 e. The van der Waals surface area contributed by atoms with Gasteiger partial charge in [0, 0.05) is 18.2 Å². The highest BCUT2D eigenvalue weighted by atomic mass is 16.5. The molecule has 4 rings (SSSR count). The van der Waals surface area contributed by atoms with Crippen molar-refractivity contribution >= 4 is 5.97 Å². The Balaban J connectivity index is 1.93. The van der Waals surface area contributed by atoms with Gasteiger partial charge in [0.25, 0.3) is 5.89 Å². The van der Waals surface area contributed by atoms with E-state index in [-0.39, 0.29) is 12.5 Å². The smallest absolute Gasteiger partial charge is 0.355 e. The summed E-state index contributed by atoms with van der Waals surface area (Å²) >= 11 is 0. The Labute approximate surface area is 191 Å². The summed E-state index contributed by atoms with van der Waals surface area (Å²) in [4.78, 5) is 13.1. The first-order chi connectivity index (χ1) is 16.0. The van der Waals surface area contributed by atoms with E-state index in [2.05, 4.69) is 10.2 Å². The fourth-order valence-electron chi connectivity index (χ4n) is 3.59. The molecule has 0 N–H and O–H groups in total. The molecule has 0 bridgehead atoms. The molecule has 0 fully saturated rings. The van der Waals surface area contributed by atoms with E-state index in [9.17, 15) is 4.79 Å². The molecule has 8 heteroatoms. The number of hydrogen-bond donors (Lipinski definition) is 0. The Bertz CT molecular complexity index is 1240. The van der Waals surface area contributed by atoms with Gasteiger partial charge in [-0.25, -0.2) is 4.79 Å². The highest BCUT2D eigenvalue weighted by Gasteiger charge is 2.31. The van der Waals surface area contributed by atoms with Crippen molar-refractivity contribution in [1.29, 1.82) is 0 Å². The molecule has 170 valence electrons. The predicted octanol–water partition coefficient (Wildman–Crippen LogP) is 4.91. The number of hydrogen-bond acceptors (Lipinski definition) is 7. The maximum absolute atomic E-state index is 13.1. The normalized spacial score (nSPS) is 10.8. The van der Waals surface area contributed by atoms with Gasteiger partial charge in [-0.05, 0) is 43.7 Å². The molecule has 0 aliphatic rings. The molecule has 0 unspecified atom stereocenters. The minimum Gasteiger partial charge on any atom is -0.497 e. The Morgan fingerprint density at radius 1 is 1.03 bits per heavy atom. The van der Waals surface area contributed by atoms with E-state index in [1.54, 1.807) is 25.5 Å². The number of carbonyl (C=O) groups excluding carboxylic acids is 1. The van der Waals surface area contributed by atoms with Crippen molar-refractivity contribution in [2.24, 2.45) is 0 Å². The van der Waals surface area contributed by atoms with Crippen LogP contribution in [-0.2, 0) is 11.3 Å². The number of ether oxygens (including phenoxy) is 3. The average Bonchev–Trinajstić information content (AvgIpc) is 3.39. The lowest BCUT2D eigenvalue weighted by atomic mass is 10.2. The first-order valence-electron chi connectivity index (χ1n) is 10.6. The van der Waals surface area contributed by atoms with Gasteiger partial charge in [0.05, 0.1) is 13.7 Å². The number of aryl methyl sites for hydroxylation is 1.